The fourth-order valence-corrected chi connectivity index (χ4v) is 4.47. The molecule has 0 spiro atoms. The number of fused-ring (bicyclic) bond motifs is 1. The minimum Gasteiger partial charge on any atom is -0.497 e. The summed E-state index contributed by atoms with van der Waals surface area (Å²) >= 11 is 0. The van der Waals surface area contributed by atoms with E-state index in [2.05, 4.69) is 15.6 Å². The van der Waals surface area contributed by atoms with E-state index in [1.165, 1.54) is 36.3 Å². The standard InChI is InChI=1S/C25H19F3N4O4/c1-36-18-7-4-15-12-32(21(33)19(15)11-18)13-24(22(34)30-23(35)31-24)16-5-2-14(3-6-16)20-10-17(8-9-29-20)25(26,27)28/h2-11H,12-13H2,1H3,(H2,30,31,34,35). The topological polar surface area (TPSA) is 101 Å². The van der Waals surface area contributed by atoms with Gasteiger partial charge < -0.3 is 15.0 Å². The smallest absolute Gasteiger partial charge is 0.416 e. The van der Waals surface area contributed by atoms with Crippen molar-refractivity contribution in [1.82, 2.24) is 20.5 Å². The number of nitrogens with zero attached hydrogens (tertiary/aromatic N) is 2. The Labute approximate surface area is 203 Å². The van der Waals surface area contributed by atoms with Crippen molar-refractivity contribution in [1.29, 1.82) is 0 Å². The molecular formula is C25H19F3N4O4. The Hall–Kier alpha value is -4.41. The van der Waals surface area contributed by atoms with Crippen LogP contribution in [-0.4, -0.2) is 41.4 Å². The minimum absolute atomic E-state index is 0.101. The number of nitrogens with one attached hydrogen (secondary N) is 2. The van der Waals surface area contributed by atoms with Crippen LogP contribution in [0, 0.1) is 0 Å². The molecule has 1 fully saturated rings. The van der Waals surface area contributed by atoms with Crippen molar-refractivity contribution in [2.75, 3.05) is 13.7 Å². The summed E-state index contributed by atoms with van der Waals surface area (Å²) in [5, 5.41) is 4.86. The second-order valence-electron chi connectivity index (χ2n) is 8.50. The highest BCUT2D eigenvalue weighted by Crippen LogP contribution is 2.34. The van der Waals surface area contributed by atoms with Crippen LogP contribution in [0.3, 0.4) is 0 Å². The van der Waals surface area contributed by atoms with Crippen molar-refractivity contribution in [3.63, 3.8) is 0 Å². The van der Waals surface area contributed by atoms with Gasteiger partial charge in [-0.3, -0.25) is 19.9 Å². The second-order valence-corrected chi connectivity index (χ2v) is 8.50. The first-order valence-corrected chi connectivity index (χ1v) is 10.8. The molecule has 0 radical (unpaired) electrons. The van der Waals surface area contributed by atoms with Crippen LogP contribution in [0.1, 0.15) is 27.0 Å². The lowest BCUT2D eigenvalue weighted by Gasteiger charge is -2.31. The van der Waals surface area contributed by atoms with Crippen LogP contribution >= 0.6 is 0 Å². The summed E-state index contributed by atoms with van der Waals surface area (Å²) in [5.74, 6) is -0.440. The van der Waals surface area contributed by atoms with Crippen molar-refractivity contribution in [3.05, 3.63) is 83.0 Å². The third-order valence-electron chi connectivity index (χ3n) is 6.33. The second kappa shape index (κ2) is 8.36. The SMILES string of the molecule is COc1ccc2c(c1)C(=O)N(CC1(c3ccc(-c4cc(C(F)(F)F)ccn4)cc3)NC(=O)NC1=O)C2. The first-order chi connectivity index (χ1) is 17.1. The number of methoxy groups -OCH3 is 1. The first kappa shape index (κ1) is 23.3. The van der Waals surface area contributed by atoms with E-state index < -0.39 is 29.2 Å². The molecule has 0 bridgehead atoms. The van der Waals surface area contributed by atoms with Gasteiger partial charge in [0.05, 0.1) is 24.9 Å². The van der Waals surface area contributed by atoms with Crippen molar-refractivity contribution >= 4 is 17.8 Å². The third kappa shape index (κ3) is 3.92. The van der Waals surface area contributed by atoms with E-state index in [9.17, 15) is 27.6 Å². The number of rotatable bonds is 5. The van der Waals surface area contributed by atoms with Gasteiger partial charge in [-0.2, -0.15) is 13.2 Å². The van der Waals surface area contributed by atoms with Crippen molar-refractivity contribution in [3.8, 4) is 17.0 Å². The quantitative estimate of drug-likeness (QED) is 0.527. The molecule has 0 saturated carbocycles. The molecule has 2 aromatic carbocycles. The molecule has 2 aliphatic rings. The minimum atomic E-state index is -4.52. The summed E-state index contributed by atoms with van der Waals surface area (Å²) in [5.41, 5.74) is -0.363. The number of urea groups is 1. The van der Waals surface area contributed by atoms with Gasteiger partial charge in [0.1, 0.15) is 5.75 Å². The van der Waals surface area contributed by atoms with Crippen LogP contribution < -0.4 is 15.4 Å². The lowest BCUT2D eigenvalue weighted by Crippen LogP contribution is -2.52. The van der Waals surface area contributed by atoms with E-state index in [0.717, 1.165) is 23.9 Å². The maximum absolute atomic E-state index is 13.1. The normalized spacial score (nSPS) is 19.2. The maximum atomic E-state index is 13.1. The number of hydrogen-bond acceptors (Lipinski definition) is 5. The molecule has 3 heterocycles. The molecule has 8 nitrogen and oxygen atoms in total. The van der Waals surface area contributed by atoms with Crippen LogP contribution in [0.4, 0.5) is 18.0 Å². The van der Waals surface area contributed by atoms with Gasteiger partial charge in [-0.25, -0.2) is 4.79 Å². The number of pyridine rings is 1. The average molecular weight is 496 g/mol. The lowest BCUT2D eigenvalue weighted by molar-refractivity contribution is -0.137. The first-order valence-electron chi connectivity index (χ1n) is 10.8. The summed E-state index contributed by atoms with van der Waals surface area (Å²) in [6.45, 7) is 0.0802. The zero-order chi connectivity index (χ0) is 25.7. The number of halogens is 3. The van der Waals surface area contributed by atoms with Crippen molar-refractivity contribution < 1.29 is 32.3 Å². The molecule has 1 unspecified atom stereocenters. The van der Waals surface area contributed by atoms with Crippen LogP contribution in [0.2, 0.25) is 0 Å². The third-order valence-corrected chi connectivity index (χ3v) is 6.33. The monoisotopic (exact) mass is 496 g/mol. The average Bonchev–Trinajstić information content (AvgIpc) is 3.33. The largest absolute Gasteiger partial charge is 0.497 e. The van der Waals surface area contributed by atoms with E-state index in [1.807, 2.05) is 0 Å². The fraction of sp³-hybridized carbons (Fsp3) is 0.200. The molecule has 1 aromatic heterocycles. The number of imide groups is 1. The van der Waals surface area contributed by atoms with Crippen molar-refractivity contribution in [2.24, 2.45) is 0 Å². The summed E-state index contributed by atoms with van der Waals surface area (Å²) in [4.78, 5) is 43.7. The van der Waals surface area contributed by atoms with Gasteiger partial charge in [-0.15, -0.1) is 0 Å². The zero-order valence-electron chi connectivity index (χ0n) is 18.8. The Morgan fingerprint density at radius 1 is 1.06 bits per heavy atom. The Morgan fingerprint density at radius 3 is 2.44 bits per heavy atom. The molecule has 36 heavy (non-hydrogen) atoms. The van der Waals surface area contributed by atoms with Gasteiger partial charge >= 0.3 is 12.2 Å². The summed E-state index contributed by atoms with van der Waals surface area (Å²) in [6, 6.07) is 12.3. The van der Waals surface area contributed by atoms with Crippen molar-refractivity contribution in [2.45, 2.75) is 18.3 Å². The number of alkyl halides is 3. The number of amides is 4. The number of hydrogen-bond donors (Lipinski definition) is 2. The number of carbonyl (C=O) groups excluding carboxylic acids is 3. The van der Waals surface area contributed by atoms with Gasteiger partial charge in [0, 0.05) is 23.9 Å². The van der Waals surface area contributed by atoms with E-state index in [4.69, 9.17) is 4.74 Å². The summed E-state index contributed by atoms with van der Waals surface area (Å²) < 4.78 is 44.5. The highest BCUT2D eigenvalue weighted by atomic mass is 19.4. The van der Waals surface area contributed by atoms with Gasteiger partial charge in [-0.05, 0) is 35.4 Å². The molecule has 2 aliphatic heterocycles. The predicted octanol–water partition coefficient (Wildman–Crippen LogP) is 3.47. The van der Waals surface area contributed by atoms with Gasteiger partial charge in [-0.1, -0.05) is 30.3 Å². The Balaban J connectivity index is 1.47. The lowest BCUT2D eigenvalue weighted by atomic mass is 9.88. The van der Waals surface area contributed by atoms with E-state index >= 15 is 0 Å². The molecule has 1 atom stereocenters. The van der Waals surface area contributed by atoms with Gasteiger partial charge in [0.2, 0.25) is 0 Å². The molecule has 0 aliphatic carbocycles. The van der Waals surface area contributed by atoms with E-state index in [-0.39, 0.29) is 24.7 Å². The van der Waals surface area contributed by atoms with Crippen LogP contribution in [-0.2, 0) is 23.1 Å². The molecule has 3 aromatic rings. The Bertz CT molecular complexity index is 1390. The fourth-order valence-electron chi connectivity index (χ4n) is 4.47. The molecule has 184 valence electrons. The van der Waals surface area contributed by atoms with E-state index in [0.29, 0.717) is 22.4 Å². The highest BCUT2D eigenvalue weighted by molar-refractivity contribution is 6.08. The molecular weight excluding hydrogens is 477 g/mol. The molecule has 4 amide bonds. The number of carbonyl (C=O) groups is 3. The molecule has 1 saturated heterocycles. The summed E-state index contributed by atoms with van der Waals surface area (Å²) in [6.07, 6.45) is -3.44. The van der Waals surface area contributed by atoms with Gasteiger partial charge in [0.25, 0.3) is 11.8 Å². The van der Waals surface area contributed by atoms with Crippen LogP contribution in [0.5, 0.6) is 5.75 Å². The number of ether oxygens (including phenoxy) is 1. The Morgan fingerprint density at radius 2 is 1.81 bits per heavy atom. The molecule has 2 N–H and O–H groups in total. The number of aromatic nitrogens is 1. The zero-order valence-corrected chi connectivity index (χ0v) is 18.8. The van der Waals surface area contributed by atoms with Crippen LogP contribution in [0.25, 0.3) is 11.3 Å². The maximum Gasteiger partial charge on any atom is 0.416 e. The summed E-state index contributed by atoms with van der Waals surface area (Å²) in [7, 11) is 1.49. The number of benzene rings is 2. The molecule has 11 heteroatoms. The van der Waals surface area contributed by atoms with Gasteiger partial charge in [0.15, 0.2) is 5.54 Å². The van der Waals surface area contributed by atoms with Crippen LogP contribution in [0.15, 0.2) is 60.8 Å². The molecule has 5 rings (SSSR count). The van der Waals surface area contributed by atoms with E-state index in [1.54, 1.807) is 18.2 Å². The predicted molar refractivity (Wildman–Crippen MR) is 121 cm³/mol. The highest BCUT2D eigenvalue weighted by Gasteiger charge is 2.50. The Kier molecular flexibility index (Phi) is 5.42.